The Labute approximate surface area is 230 Å². The standard InChI is InChI=1S/C24H17Br3ClN3O4/c1-2-34-19-9-14(11-29-31-23(32)16-5-3-4-6-18(16)30-24(31)33)20(27)21(28)22(19)35-12-13-7-8-15(25)10-17(13)26/h3-11H,2,12H2,1H3,(H,30,33). The van der Waals surface area contributed by atoms with Gasteiger partial charge in [-0.3, -0.25) is 4.79 Å². The lowest BCUT2D eigenvalue weighted by Gasteiger charge is -2.16. The van der Waals surface area contributed by atoms with Crippen LogP contribution in [0.5, 0.6) is 11.5 Å². The van der Waals surface area contributed by atoms with Crippen LogP contribution in [0.3, 0.4) is 0 Å². The molecule has 4 rings (SSSR count). The normalized spacial score (nSPS) is 11.3. The molecule has 1 aromatic heterocycles. The third-order valence-electron chi connectivity index (χ3n) is 4.94. The topological polar surface area (TPSA) is 85.7 Å². The van der Waals surface area contributed by atoms with E-state index in [9.17, 15) is 9.59 Å². The van der Waals surface area contributed by atoms with Crippen LogP contribution in [-0.4, -0.2) is 22.5 Å². The zero-order valence-corrected chi connectivity index (χ0v) is 23.7. The molecule has 0 fully saturated rings. The smallest absolute Gasteiger partial charge is 0.349 e. The molecule has 4 aromatic rings. The molecule has 0 amide bonds. The van der Waals surface area contributed by atoms with Crippen molar-refractivity contribution in [2.75, 3.05) is 6.61 Å². The Morgan fingerprint density at radius 3 is 2.60 bits per heavy atom. The van der Waals surface area contributed by atoms with E-state index in [0.717, 1.165) is 19.2 Å². The SMILES string of the molecule is CCOc1cc(C=Nn2c(=O)[nH]c3ccccc3c2=O)c(Br)c(Cl)c1OCc1ccc(Br)cc1Br. The highest BCUT2D eigenvalue weighted by Gasteiger charge is 2.18. The molecule has 0 saturated heterocycles. The average molecular weight is 687 g/mol. The van der Waals surface area contributed by atoms with Gasteiger partial charge in [-0.2, -0.15) is 5.10 Å². The maximum Gasteiger partial charge on any atom is 0.349 e. The zero-order valence-electron chi connectivity index (χ0n) is 18.1. The first kappa shape index (κ1) is 25.7. The fourth-order valence-electron chi connectivity index (χ4n) is 3.26. The van der Waals surface area contributed by atoms with Crippen molar-refractivity contribution < 1.29 is 9.47 Å². The van der Waals surface area contributed by atoms with Gasteiger partial charge in [0.05, 0.1) is 23.7 Å². The second kappa shape index (κ2) is 11.1. The molecule has 1 N–H and O–H groups in total. The van der Waals surface area contributed by atoms with E-state index >= 15 is 0 Å². The van der Waals surface area contributed by atoms with Crippen molar-refractivity contribution >= 4 is 76.5 Å². The molecule has 0 unspecified atom stereocenters. The first-order chi connectivity index (χ1) is 16.8. The summed E-state index contributed by atoms with van der Waals surface area (Å²) in [6.07, 6.45) is 1.36. The van der Waals surface area contributed by atoms with Gasteiger partial charge < -0.3 is 14.5 Å². The van der Waals surface area contributed by atoms with Crippen molar-refractivity contribution in [2.45, 2.75) is 13.5 Å². The molecule has 180 valence electrons. The number of H-pyrrole nitrogens is 1. The van der Waals surface area contributed by atoms with Crippen molar-refractivity contribution in [3.63, 3.8) is 0 Å². The maximum absolute atomic E-state index is 12.8. The van der Waals surface area contributed by atoms with Crippen LogP contribution in [0.1, 0.15) is 18.1 Å². The monoisotopic (exact) mass is 683 g/mol. The van der Waals surface area contributed by atoms with Crippen molar-refractivity contribution in [3.05, 3.63) is 98.9 Å². The lowest BCUT2D eigenvalue weighted by molar-refractivity contribution is 0.269. The Hall–Kier alpha value is -2.40. The lowest BCUT2D eigenvalue weighted by Crippen LogP contribution is -2.32. The number of hydrogen-bond donors (Lipinski definition) is 1. The average Bonchev–Trinajstić information content (AvgIpc) is 2.83. The van der Waals surface area contributed by atoms with E-state index in [0.29, 0.717) is 39.0 Å². The summed E-state index contributed by atoms with van der Waals surface area (Å²) >= 11 is 17.1. The van der Waals surface area contributed by atoms with Crippen LogP contribution in [0.4, 0.5) is 0 Å². The minimum atomic E-state index is -0.655. The summed E-state index contributed by atoms with van der Waals surface area (Å²) in [7, 11) is 0. The maximum atomic E-state index is 12.8. The molecule has 0 aliphatic carbocycles. The number of ether oxygens (including phenoxy) is 2. The highest BCUT2D eigenvalue weighted by Crippen LogP contribution is 2.43. The molecule has 11 heteroatoms. The van der Waals surface area contributed by atoms with E-state index in [1.54, 1.807) is 30.3 Å². The molecular weight excluding hydrogens is 669 g/mol. The Kier molecular flexibility index (Phi) is 8.16. The highest BCUT2D eigenvalue weighted by molar-refractivity contribution is 9.11. The Morgan fingerprint density at radius 2 is 1.86 bits per heavy atom. The molecule has 7 nitrogen and oxygen atoms in total. The van der Waals surface area contributed by atoms with Crippen molar-refractivity contribution in [1.29, 1.82) is 0 Å². The fourth-order valence-corrected chi connectivity index (χ4v) is 5.08. The fraction of sp³-hybridized carbons (Fsp3) is 0.125. The number of nitrogens with zero attached hydrogens (tertiary/aromatic N) is 2. The summed E-state index contributed by atoms with van der Waals surface area (Å²) in [5.74, 6) is 0.753. The van der Waals surface area contributed by atoms with Crippen LogP contribution < -0.4 is 20.7 Å². The summed E-state index contributed by atoms with van der Waals surface area (Å²) in [6, 6.07) is 14.2. The molecule has 0 aliphatic rings. The second-order valence-electron chi connectivity index (χ2n) is 7.22. The van der Waals surface area contributed by atoms with Gasteiger partial charge in [0.1, 0.15) is 11.6 Å². The van der Waals surface area contributed by atoms with Gasteiger partial charge in [-0.05, 0) is 53.2 Å². The molecule has 0 radical (unpaired) electrons. The molecule has 0 aliphatic heterocycles. The number of halogens is 4. The van der Waals surface area contributed by atoms with Crippen LogP contribution in [0.15, 0.2) is 76.6 Å². The van der Waals surface area contributed by atoms with Crippen LogP contribution in [0, 0.1) is 0 Å². The van der Waals surface area contributed by atoms with E-state index in [-0.39, 0.29) is 11.6 Å². The van der Waals surface area contributed by atoms with E-state index in [1.807, 2.05) is 25.1 Å². The molecule has 35 heavy (non-hydrogen) atoms. The first-order valence-electron chi connectivity index (χ1n) is 10.3. The predicted molar refractivity (Wildman–Crippen MR) is 148 cm³/mol. The first-order valence-corrected chi connectivity index (χ1v) is 13.1. The Balaban J connectivity index is 1.70. The van der Waals surface area contributed by atoms with E-state index in [1.165, 1.54) is 6.21 Å². The lowest BCUT2D eigenvalue weighted by atomic mass is 10.2. The number of benzene rings is 3. The number of hydrogen-bond acceptors (Lipinski definition) is 5. The Bertz CT molecular complexity index is 1570. The van der Waals surface area contributed by atoms with Crippen molar-refractivity contribution in [1.82, 2.24) is 9.66 Å². The number of fused-ring (bicyclic) bond motifs is 1. The highest BCUT2D eigenvalue weighted by atomic mass is 79.9. The van der Waals surface area contributed by atoms with E-state index in [4.69, 9.17) is 21.1 Å². The van der Waals surface area contributed by atoms with Crippen LogP contribution in [-0.2, 0) is 6.61 Å². The summed E-state index contributed by atoms with van der Waals surface area (Å²) in [5, 5.41) is 4.73. The van der Waals surface area contributed by atoms with Gasteiger partial charge >= 0.3 is 5.69 Å². The summed E-state index contributed by atoms with van der Waals surface area (Å²) in [4.78, 5) is 27.8. The van der Waals surface area contributed by atoms with Crippen molar-refractivity contribution in [2.24, 2.45) is 5.10 Å². The number of rotatable bonds is 7. The summed E-state index contributed by atoms with van der Waals surface area (Å²) < 4.78 is 14.8. The van der Waals surface area contributed by atoms with Crippen molar-refractivity contribution in [3.8, 4) is 11.5 Å². The van der Waals surface area contributed by atoms with Crippen LogP contribution in [0.25, 0.3) is 10.9 Å². The third-order valence-corrected chi connectivity index (χ3v) is 7.61. The van der Waals surface area contributed by atoms with E-state index < -0.39 is 11.2 Å². The zero-order chi connectivity index (χ0) is 25.1. The molecular formula is C24H17Br3ClN3O4. The Morgan fingerprint density at radius 1 is 1.09 bits per heavy atom. The number of nitrogens with one attached hydrogen (secondary N) is 1. The molecule has 0 saturated carbocycles. The molecule has 3 aromatic carbocycles. The van der Waals surface area contributed by atoms with Gasteiger partial charge in [-0.15, -0.1) is 4.68 Å². The molecule has 0 bridgehead atoms. The third kappa shape index (κ3) is 5.55. The number of aromatic amines is 1. The van der Waals surface area contributed by atoms with Gasteiger partial charge in [0.15, 0.2) is 11.5 Å². The van der Waals surface area contributed by atoms with Gasteiger partial charge in [0, 0.05) is 24.5 Å². The number of aromatic nitrogens is 2. The minimum absolute atomic E-state index is 0.245. The predicted octanol–water partition coefficient (Wildman–Crippen LogP) is 6.49. The van der Waals surface area contributed by atoms with E-state index in [2.05, 4.69) is 57.9 Å². The van der Waals surface area contributed by atoms with Crippen LogP contribution >= 0.6 is 59.4 Å². The summed E-state index contributed by atoms with van der Waals surface area (Å²) in [5.41, 5.74) is 0.666. The van der Waals surface area contributed by atoms with Gasteiger partial charge in [0.25, 0.3) is 5.56 Å². The van der Waals surface area contributed by atoms with Gasteiger partial charge in [-0.25, -0.2) is 4.79 Å². The molecule has 0 atom stereocenters. The second-order valence-corrected chi connectivity index (χ2v) is 10.2. The minimum Gasteiger partial charge on any atom is -0.490 e. The van der Waals surface area contributed by atoms with Gasteiger partial charge in [-0.1, -0.05) is 61.7 Å². The summed E-state index contributed by atoms with van der Waals surface area (Å²) in [6.45, 7) is 2.46. The molecule has 0 spiro atoms. The van der Waals surface area contributed by atoms with Gasteiger partial charge in [0.2, 0.25) is 0 Å². The number of para-hydroxylation sites is 1. The quantitative estimate of drug-likeness (QED) is 0.226. The van der Waals surface area contributed by atoms with Crippen LogP contribution in [0.2, 0.25) is 5.02 Å². The largest absolute Gasteiger partial charge is 0.490 e. The molecule has 1 heterocycles.